The van der Waals surface area contributed by atoms with Gasteiger partial charge in [0.25, 0.3) is 0 Å². The highest BCUT2D eigenvalue weighted by atomic mass is 16.5. The molecule has 2 heterocycles. The molecule has 2 bridgehead atoms. The molecule has 0 amide bonds. The Bertz CT molecular complexity index is 267. The molecule has 0 radical (unpaired) electrons. The van der Waals surface area contributed by atoms with Gasteiger partial charge in [-0.15, -0.1) is 0 Å². The lowest BCUT2D eigenvalue weighted by atomic mass is 9.80. The maximum Gasteiger partial charge on any atom is 0.0586 e. The molecule has 3 rings (SSSR count). The Hall–Kier alpha value is -0.120. The summed E-state index contributed by atoms with van der Waals surface area (Å²) in [6.45, 7) is 0. The molecule has 3 heteroatoms. The first-order valence-corrected chi connectivity index (χ1v) is 7.79. The van der Waals surface area contributed by atoms with Crippen LogP contribution in [0.5, 0.6) is 0 Å². The average Bonchev–Trinajstić information content (AvgIpc) is 2.85. The molecule has 0 aromatic heterocycles. The van der Waals surface area contributed by atoms with Gasteiger partial charge in [-0.2, -0.15) is 0 Å². The Morgan fingerprint density at radius 2 is 1.61 bits per heavy atom. The summed E-state index contributed by atoms with van der Waals surface area (Å²) in [6.07, 6.45) is 11.4. The van der Waals surface area contributed by atoms with Gasteiger partial charge in [-0.1, -0.05) is 6.42 Å². The Balaban J connectivity index is 1.68. The van der Waals surface area contributed by atoms with Crippen molar-refractivity contribution in [3.8, 4) is 0 Å². The summed E-state index contributed by atoms with van der Waals surface area (Å²) in [5, 5.41) is 3.51. The molecule has 4 atom stereocenters. The van der Waals surface area contributed by atoms with E-state index in [0.717, 1.165) is 24.2 Å². The van der Waals surface area contributed by atoms with Crippen LogP contribution in [0.4, 0.5) is 0 Å². The number of nitrogens with one attached hydrogen (secondary N) is 1. The van der Waals surface area contributed by atoms with Crippen LogP contribution in [0.15, 0.2) is 0 Å². The molecule has 104 valence electrons. The third kappa shape index (κ3) is 2.33. The summed E-state index contributed by atoms with van der Waals surface area (Å²) in [5.41, 5.74) is 0. The molecule has 1 saturated carbocycles. The number of piperidine rings is 2. The predicted molar refractivity (Wildman–Crippen MR) is 73.8 cm³/mol. The van der Waals surface area contributed by atoms with Gasteiger partial charge in [0.2, 0.25) is 0 Å². The molecule has 3 fully saturated rings. The van der Waals surface area contributed by atoms with E-state index < -0.39 is 0 Å². The van der Waals surface area contributed by atoms with Gasteiger partial charge in [-0.25, -0.2) is 0 Å². The van der Waals surface area contributed by atoms with Crippen LogP contribution in [0.3, 0.4) is 0 Å². The average molecular weight is 252 g/mol. The molecule has 2 aliphatic heterocycles. The van der Waals surface area contributed by atoms with Gasteiger partial charge < -0.3 is 10.1 Å². The zero-order valence-corrected chi connectivity index (χ0v) is 11.9. The molecule has 1 N–H and O–H groups in total. The van der Waals surface area contributed by atoms with E-state index in [0.29, 0.717) is 6.10 Å². The van der Waals surface area contributed by atoms with Crippen LogP contribution in [-0.4, -0.2) is 49.3 Å². The molecule has 4 unspecified atom stereocenters. The van der Waals surface area contributed by atoms with E-state index >= 15 is 0 Å². The van der Waals surface area contributed by atoms with Crippen LogP contribution >= 0.6 is 0 Å². The normalized spacial score (nSPS) is 45.3. The second-order valence-electron chi connectivity index (χ2n) is 6.47. The highest BCUT2D eigenvalue weighted by molar-refractivity contribution is 4.99. The molecular formula is C15H28N2O. The van der Waals surface area contributed by atoms with Crippen LogP contribution in [-0.2, 0) is 4.74 Å². The minimum absolute atomic E-state index is 0.526. The third-order valence-electron chi connectivity index (χ3n) is 5.55. The number of fused-ring (bicyclic) bond motifs is 2. The number of ether oxygens (including phenoxy) is 1. The molecule has 0 aromatic rings. The van der Waals surface area contributed by atoms with Gasteiger partial charge in [0.05, 0.1) is 6.10 Å². The Kier molecular flexibility index (Phi) is 3.92. The van der Waals surface area contributed by atoms with Gasteiger partial charge in [-0.3, -0.25) is 4.90 Å². The molecule has 1 aliphatic carbocycles. The van der Waals surface area contributed by atoms with Crippen molar-refractivity contribution in [3.63, 3.8) is 0 Å². The molecule has 18 heavy (non-hydrogen) atoms. The van der Waals surface area contributed by atoms with E-state index in [-0.39, 0.29) is 0 Å². The van der Waals surface area contributed by atoms with Gasteiger partial charge in [0, 0.05) is 31.3 Å². The topological polar surface area (TPSA) is 24.5 Å². The van der Waals surface area contributed by atoms with E-state index in [1.807, 2.05) is 7.11 Å². The van der Waals surface area contributed by atoms with Crippen molar-refractivity contribution >= 4 is 0 Å². The SMILES string of the molecule is CNC1CC2CCCC(C1)N2C1CCC(OC)C1. The maximum atomic E-state index is 5.56. The van der Waals surface area contributed by atoms with E-state index in [9.17, 15) is 0 Å². The fourth-order valence-electron chi connectivity index (χ4n) is 4.65. The fourth-order valence-corrected chi connectivity index (χ4v) is 4.65. The minimum Gasteiger partial charge on any atom is -0.381 e. The summed E-state index contributed by atoms with van der Waals surface area (Å²) in [6, 6.07) is 3.25. The van der Waals surface area contributed by atoms with Crippen molar-refractivity contribution < 1.29 is 4.74 Å². The highest BCUT2D eigenvalue weighted by Gasteiger charge is 2.43. The Morgan fingerprint density at radius 1 is 0.944 bits per heavy atom. The second-order valence-corrected chi connectivity index (χ2v) is 6.47. The van der Waals surface area contributed by atoms with Gasteiger partial charge in [0.1, 0.15) is 0 Å². The Morgan fingerprint density at radius 3 is 2.17 bits per heavy atom. The number of rotatable bonds is 3. The minimum atomic E-state index is 0.526. The van der Waals surface area contributed by atoms with Gasteiger partial charge in [0.15, 0.2) is 0 Å². The van der Waals surface area contributed by atoms with Crippen molar-refractivity contribution in [1.82, 2.24) is 10.2 Å². The third-order valence-corrected chi connectivity index (χ3v) is 5.55. The molecule has 2 saturated heterocycles. The smallest absolute Gasteiger partial charge is 0.0586 e. The summed E-state index contributed by atoms with van der Waals surface area (Å²) >= 11 is 0. The summed E-state index contributed by atoms with van der Waals surface area (Å²) < 4.78 is 5.56. The van der Waals surface area contributed by atoms with E-state index in [4.69, 9.17) is 4.74 Å². The maximum absolute atomic E-state index is 5.56. The van der Waals surface area contributed by atoms with Crippen LogP contribution in [0.2, 0.25) is 0 Å². The van der Waals surface area contributed by atoms with Crippen LogP contribution in [0.25, 0.3) is 0 Å². The number of nitrogens with zero attached hydrogens (tertiary/aromatic N) is 1. The largest absolute Gasteiger partial charge is 0.381 e. The first kappa shape index (κ1) is 12.9. The monoisotopic (exact) mass is 252 g/mol. The molecule has 0 aromatic carbocycles. The number of hydrogen-bond donors (Lipinski definition) is 1. The number of methoxy groups -OCH3 is 1. The summed E-state index contributed by atoms with van der Waals surface area (Å²) in [7, 11) is 4.01. The predicted octanol–water partition coefficient (Wildman–Crippen LogP) is 2.16. The van der Waals surface area contributed by atoms with Gasteiger partial charge in [-0.05, 0) is 52.0 Å². The van der Waals surface area contributed by atoms with Crippen molar-refractivity contribution in [2.45, 2.75) is 81.6 Å². The van der Waals surface area contributed by atoms with Crippen molar-refractivity contribution in [2.75, 3.05) is 14.2 Å². The zero-order chi connectivity index (χ0) is 12.5. The lowest BCUT2D eigenvalue weighted by molar-refractivity contribution is -0.0132. The molecule has 3 nitrogen and oxygen atoms in total. The van der Waals surface area contributed by atoms with E-state index in [1.54, 1.807) is 0 Å². The fraction of sp³-hybridized carbons (Fsp3) is 1.00. The lowest BCUT2D eigenvalue weighted by Gasteiger charge is -2.51. The summed E-state index contributed by atoms with van der Waals surface area (Å²) in [4.78, 5) is 2.90. The first-order chi connectivity index (χ1) is 8.81. The highest BCUT2D eigenvalue weighted by Crippen LogP contribution is 2.39. The van der Waals surface area contributed by atoms with Gasteiger partial charge >= 0.3 is 0 Å². The first-order valence-electron chi connectivity index (χ1n) is 7.79. The zero-order valence-electron chi connectivity index (χ0n) is 11.9. The van der Waals surface area contributed by atoms with Crippen molar-refractivity contribution in [1.29, 1.82) is 0 Å². The summed E-state index contributed by atoms with van der Waals surface area (Å²) in [5.74, 6) is 0. The second kappa shape index (κ2) is 5.48. The van der Waals surface area contributed by atoms with Crippen LogP contribution < -0.4 is 5.32 Å². The van der Waals surface area contributed by atoms with Crippen LogP contribution in [0, 0.1) is 0 Å². The van der Waals surface area contributed by atoms with E-state index in [1.165, 1.54) is 51.4 Å². The quantitative estimate of drug-likeness (QED) is 0.833. The number of hydrogen-bond acceptors (Lipinski definition) is 3. The molecular weight excluding hydrogens is 224 g/mol. The van der Waals surface area contributed by atoms with Crippen molar-refractivity contribution in [3.05, 3.63) is 0 Å². The van der Waals surface area contributed by atoms with E-state index in [2.05, 4.69) is 17.3 Å². The lowest BCUT2D eigenvalue weighted by Crippen LogP contribution is -2.58. The Labute approximate surface area is 111 Å². The molecule has 3 aliphatic rings. The van der Waals surface area contributed by atoms with Crippen molar-refractivity contribution in [2.24, 2.45) is 0 Å². The van der Waals surface area contributed by atoms with Crippen LogP contribution in [0.1, 0.15) is 51.4 Å². The molecule has 0 spiro atoms. The standard InChI is InChI=1S/C15H28N2O/c1-16-11-8-12-4-3-5-13(9-11)17(12)14-6-7-15(10-14)18-2/h11-16H,3-10H2,1-2H3.